The van der Waals surface area contributed by atoms with Crippen LogP contribution in [0, 0.1) is 5.41 Å². The lowest BCUT2D eigenvalue weighted by Gasteiger charge is -2.37. The highest BCUT2D eigenvalue weighted by Gasteiger charge is 2.41. The van der Waals surface area contributed by atoms with Crippen LogP contribution in [0.5, 0.6) is 0 Å². The minimum atomic E-state index is -0.348. The molecule has 1 aliphatic heterocycles. The lowest BCUT2D eigenvalue weighted by atomic mass is 9.73. The molecule has 6 heteroatoms. The maximum atomic E-state index is 13.5. The van der Waals surface area contributed by atoms with Crippen LogP contribution in [0.15, 0.2) is 65.9 Å². The molecule has 2 N–H and O–H groups in total. The number of benzene rings is 2. The molecule has 2 aromatic carbocycles. The number of anilines is 2. The van der Waals surface area contributed by atoms with E-state index in [1.807, 2.05) is 54.6 Å². The van der Waals surface area contributed by atoms with Gasteiger partial charge in [-0.05, 0) is 29.5 Å². The van der Waals surface area contributed by atoms with E-state index in [0.29, 0.717) is 19.6 Å². The fraction of sp³-hybridized carbons (Fsp3) is 0.385. The Morgan fingerprint density at radius 1 is 1.12 bits per heavy atom. The van der Waals surface area contributed by atoms with Crippen molar-refractivity contribution in [3.63, 3.8) is 0 Å². The molecule has 0 radical (unpaired) electrons. The van der Waals surface area contributed by atoms with E-state index in [9.17, 15) is 9.59 Å². The lowest BCUT2D eigenvalue weighted by molar-refractivity contribution is -0.121. The van der Waals surface area contributed by atoms with E-state index in [-0.39, 0.29) is 29.7 Å². The zero-order valence-electron chi connectivity index (χ0n) is 19.0. The second-order valence-electron chi connectivity index (χ2n) is 9.26. The minimum Gasteiger partial charge on any atom is -0.383 e. The fourth-order valence-electron chi connectivity index (χ4n) is 4.71. The molecule has 0 spiro atoms. The van der Waals surface area contributed by atoms with Gasteiger partial charge in [0, 0.05) is 31.3 Å². The summed E-state index contributed by atoms with van der Waals surface area (Å²) in [6.07, 6.45) is 1.26. The van der Waals surface area contributed by atoms with Crippen LogP contribution in [-0.2, 0) is 14.3 Å². The van der Waals surface area contributed by atoms with E-state index in [2.05, 4.69) is 29.4 Å². The molecule has 1 unspecified atom stereocenters. The summed E-state index contributed by atoms with van der Waals surface area (Å²) in [4.78, 5) is 28.5. The van der Waals surface area contributed by atoms with Crippen LogP contribution >= 0.6 is 0 Å². The van der Waals surface area contributed by atoms with Crippen molar-refractivity contribution in [2.45, 2.75) is 32.7 Å². The number of carbonyl (C=O) groups is 2. The molecule has 1 amide bonds. The molecule has 168 valence electrons. The van der Waals surface area contributed by atoms with Crippen molar-refractivity contribution < 1.29 is 14.3 Å². The topological polar surface area (TPSA) is 70.7 Å². The Bertz CT molecular complexity index is 1030. The Balaban J connectivity index is 1.84. The van der Waals surface area contributed by atoms with Gasteiger partial charge in [0.25, 0.3) is 0 Å². The monoisotopic (exact) mass is 433 g/mol. The fourth-order valence-corrected chi connectivity index (χ4v) is 4.71. The first kappa shape index (κ1) is 22.1. The standard InChI is InChI=1S/C26H31N3O3/c1-26(2)15-20-24(22(30)16-26)25(18-9-5-4-6-10-18)29(17-23(31)27-13-14-32-3)21-12-8-7-11-19(21)28-20/h4-12,25,28H,13-17H2,1-3H3,(H,27,31). The van der Waals surface area contributed by atoms with Crippen LogP contribution in [0.3, 0.4) is 0 Å². The smallest absolute Gasteiger partial charge is 0.239 e. The lowest BCUT2D eigenvalue weighted by Crippen LogP contribution is -2.42. The highest BCUT2D eigenvalue weighted by atomic mass is 16.5. The average Bonchev–Trinajstić information content (AvgIpc) is 2.88. The summed E-state index contributed by atoms with van der Waals surface area (Å²) in [6, 6.07) is 17.6. The molecule has 6 nitrogen and oxygen atoms in total. The molecule has 32 heavy (non-hydrogen) atoms. The summed E-state index contributed by atoms with van der Waals surface area (Å²) < 4.78 is 5.06. The molecule has 2 aliphatic rings. The quantitative estimate of drug-likeness (QED) is 0.672. The average molecular weight is 434 g/mol. The summed E-state index contributed by atoms with van der Waals surface area (Å²) in [5.74, 6) is 0.0284. The number of allylic oxidation sites excluding steroid dienone is 1. The van der Waals surface area contributed by atoms with Gasteiger partial charge < -0.3 is 20.3 Å². The van der Waals surface area contributed by atoms with E-state index in [0.717, 1.165) is 34.6 Å². The van der Waals surface area contributed by atoms with Crippen molar-refractivity contribution >= 4 is 23.1 Å². The number of fused-ring (bicyclic) bond motifs is 1. The number of hydrogen-bond donors (Lipinski definition) is 2. The van der Waals surface area contributed by atoms with Crippen LogP contribution in [0.2, 0.25) is 0 Å². The molecule has 0 bridgehead atoms. The number of rotatable bonds is 6. The van der Waals surface area contributed by atoms with E-state index in [1.54, 1.807) is 7.11 Å². The van der Waals surface area contributed by atoms with Gasteiger partial charge in [0.05, 0.1) is 30.6 Å². The van der Waals surface area contributed by atoms with Gasteiger partial charge in [-0.15, -0.1) is 0 Å². The van der Waals surface area contributed by atoms with Crippen LogP contribution in [0.4, 0.5) is 11.4 Å². The number of nitrogens with zero attached hydrogens (tertiary/aromatic N) is 1. The Kier molecular flexibility index (Phi) is 6.33. The van der Waals surface area contributed by atoms with Gasteiger partial charge in [-0.1, -0.05) is 56.3 Å². The number of methoxy groups -OCH3 is 1. The number of hydrogen-bond acceptors (Lipinski definition) is 5. The highest BCUT2D eigenvalue weighted by Crippen LogP contribution is 2.48. The number of amides is 1. The molecule has 0 saturated carbocycles. The van der Waals surface area contributed by atoms with Crippen molar-refractivity contribution in [3.05, 3.63) is 71.4 Å². The first-order valence-corrected chi connectivity index (χ1v) is 11.1. The van der Waals surface area contributed by atoms with Gasteiger partial charge in [0.1, 0.15) is 0 Å². The van der Waals surface area contributed by atoms with Crippen molar-refractivity contribution in [3.8, 4) is 0 Å². The van der Waals surface area contributed by atoms with Crippen LogP contribution in [0.25, 0.3) is 0 Å². The van der Waals surface area contributed by atoms with Gasteiger partial charge in [0.15, 0.2) is 5.78 Å². The van der Waals surface area contributed by atoms with E-state index >= 15 is 0 Å². The van der Waals surface area contributed by atoms with Gasteiger partial charge in [0.2, 0.25) is 5.91 Å². The predicted molar refractivity (Wildman–Crippen MR) is 127 cm³/mol. The zero-order chi connectivity index (χ0) is 22.7. The molecule has 0 saturated heterocycles. The summed E-state index contributed by atoms with van der Waals surface area (Å²) in [7, 11) is 1.61. The summed E-state index contributed by atoms with van der Waals surface area (Å²) >= 11 is 0. The second-order valence-corrected chi connectivity index (χ2v) is 9.26. The Hall–Kier alpha value is -3.12. The number of para-hydroxylation sites is 2. The third-order valence-corrected chi connectivity index (χ3v) is 6.06. The highest BCUT2D eigenvalue weighted by molar-refractivity contribution is 6.01. The van der Waals surface area contributed by atoms with E-state index < -0.39 is 0 Å². The van der Waals surface area contributed by atoms with Gasteiger partial charge >= 0.3 is 0 Å². The van der Waals surface area contributed by atoms with Crippen LogP contribution in [0.1, 0.15) is 38.3 Å². The van der Waals surface area contributed by atoms with Gasteiger partial charge in [-0.2, -0.15) is 0 Å². The second kappa shape index (κ2) is 9.17. The zero-order valence-corrected chi connectivity index (χ0v) is 19.0. The summed E-state index contributed by atoms with van der Waals surface area (Å²) in [5.41, 5.74) is 4.41. The van der Waals surface area contributed by atoms with Crippen molar-refractivity contribution in [1.82, 2.24) is 5.32 Å². The molecule has 1 heterocycles. The van der Waals surface area contributed by atoms with Crippen molar-refractivity contribution in [1.29, 1.82) is 0 Å². The van der Waals surface area contributed by atoms with Gasteiger partial charge in [-0.25, -0.2) is 0 Å². The molecule has 0 aromatic heterocycles. The first-order valence-electron chi connectivity index (χ1n) is 11.1. The maximum absolute atomic E-state index is 13.5. The molecule has 1 atom stereocenters. The number of ether oxygens (including phenoxy) is 1. The van der Waals surface area contributed by atoms with Crippen LogP contribution in [-0.4, -0.2) is 38.5 Å². The molecule has 0 fully saturated rings. The van der Waals surface area contributed by atoms with Crippen LogP contribution < -0.4 is 15.5 Å². The maximum Gasteiger partial charge on any atom is 0.239 e. The predicted octanol–water partition coefficient (Wildman–Crippen LogP) is 4.07. The third kappa shape index (κ3) is 4.55. The number of nitrogens with one attached hydrogen (secondary N) is 2. The Morgan fingerprint density at radius 2 is 1.84 bits per heavy atom. The van der Waals surface area contributed by atoms with Gasteiger partial charge in [-0.3, -0.25) is 9.59 Å². The summed E-state index contributed by atoms with van der Waals surface area (Å²) in [6.45, 7) is 5.29. The molecule has 1 aliphatic carbocycles. The Morgan fingerprint density at radius 3 is 2.59 bits per heavy atom. The normalized spacial score (nSPS) is 19.5. The van der Waals surface area contributed by atoms with E-state index in [1.165, 1.54) is 0 Å². The first-order chi connectivity index (χ1) is 15.4. The largest absolute Gasteiger partial charge is 0.383 e. The molecular formula is C26H31N3O3. The van der Waals surface area contributed by atoms with Crippen molar-refractivity contribution in [2.24, 2.45) is 5.41 Å². The number of carbonyl (C=O) groups excluding carboxylic acids is 2. The number of ketones is 1. The molecule has 2 aromatic rings. The Labute approximate surface area is 189 Å². The molecular weight excluding hydrogens is 402 g/mol. The summed E-state index contributed by atoms with van der Waals surface area (Å²) in [5, 5.41) is 6.49. The minimum absolute atomic E-state index is 0.106. The molecule has 4 rings (SSSR count). The van der Waals surface area contributed by atoms with Crippen molar-refractivity contribution in [2.75, 3.05) is 37.0 Å². The SMILES string of the molecule is COCCNC(=O)CN1c2ccccc2NC2=C(C(=O)CC(C)(C)C2)C1c1ccccc1. The van der Waals surface area contributed by atoms with E-state index in [4.69, 9.17) is 4.74 Å². The third-order valence-electron chi connectivity index (χ3n) is 6.06. The number of Topliss-reactive ketones (excluding diaryl/α,β-unsaturated/α-hetero) is 1.